The molecule has 2 aromatic heterocycles. The molecule has 8 nitrogen and oxygen atoms in total. The molecule has 24 heavy (non-hydrogen) atoms. The fraction of sp³-hybridized carbons (Fsp3) is 0.375. The number of fused-ring (bicyclic) bond motifs is 1. The van der Waals surface area contributed by atoms with E-state index in [1.54, 1.807) is 7.11 Å². The van der Waals surface area contributed by atoms with Gasteiger partial charge in [0.25, 0.3) is 5.89 Å². The number of nitrogens with zero attached hydrogens (tertiary/aromatic N) is 6. The molecule has 3 heterocycles. The van der Waals surface area contributed by atoms with Gasteiger partial charge in [0.2, 0.25) is 0 Å². The van der Waals surface area contributed by atoms with E-state index in [0.29, 0.717) is 18.3 Å². The van der Waals surface area contributed by atoms with Crippen LogP contribution in [0.5, 0.6) is 5.75 Å². The molecule has 0 N–H and O–H groups in total. The molecular weight excluding hydrogens is 308 g/mol. The van der Waals surface area contributed by atoms with Crippen molar-refractivity contribution in [3.8, 4) is 17.2 Å². The largest absolute Gasteiger partial charge is 0.497 e. The number of rotatable bonds is 4. The average Bonchev–Trinajstić information content (AvgIpc) is 3.22. The Morgan fingerprint density at radius 1 is 1.17 bits per heavy atom. The standard InChI is InChI=1S/C16H18N6O2/c1-11-18-19-15-10-21(7-8-22(11)15)9-14-17-16(24-20-14)12-3-5-13(23-2)6-4-12/h3-6H,7-10H2,1-2H3. The van der Waals surface area contributed by atoms with Crippen molar-refractivity contribution in [1.82, 2.24) is 29.8 Å². The van der Waals surface area contributed by atoms with Gasteiger partial charge in [-0.1, -0.05) is 5.16 Å². The summed E-state index contributed by atoms with van der Waals surface area (Å²) in [5.74, 6) is 3.93. The summed E-state index contributed by atoms with van der Waals surface area (Å²) in [6, 6.07) is 7.56. The quantitative estimate of drug-likeness (QED) is 0.721. The van der Waals surface area contributed by atoms with Crippen molar-refractivity contribution in [3.05, 3.63) is 41.7 Å². The van der Waals surface area contributed by atoms with Crippen LogP contribution in [0.2, 0.25) is 0 Å². The van der Waals surface area contributed by atoms with Crippen LogP contribution in [0.25, 0.3) is 11.5 Å². The highest BCUT2D eigenvalue weighted by Crippen LogP contribution is 2.21. The van der Waals surface area contributed by atoms with E-state index < -0.39 is 0 Å². The molecule has 124 valence electrons. The molecule has 0 unspecified atom stereocenters. The lowest BCUT2D eigenvalue weighted by molar-refractivity contribution is 0.200. The van der Waals surface area contributed by atoms with Crippen LogP contribution in [0, 0.1) is 6.92 Å². The number of ether oxygens (including phenoxy) is 1. The summed E-state index contributed by atoms with van der Waals surface area (Å²) >= 11 is 0. The number of benzene rings is 1. The van der Waals surface area contributed by atoms with Gasteiger partial charge in [0, 0.05) is 18.7 Å². The van der Waals surface area contributed by atoms with Crippen molar-refractivity contribution in [2.75, 3.05) is 13.7 Å². The SMILES string of the molecule is COc1ccc(-c2nc(CN3CCn4c(C)nnc4C3)no2)cc1. The molecule has 0 spiro atoms. The number of aryl methyl sites for hydroxylation is 1. The van der Waals surface area contributed by atoms with Crippen molar-refractivity contribution in [2.45, 2.75) is 26.6 Å². The summed E-state index contributed by atoms with van der Waals surface area (Å²) in [5, 5.41) is 12.4. The second-order valence-electron chi connectivity index (χ2n) is 5.77. The molecule has 0 aliphatic carbocycles. The summed E-state index contributed by atoms with van der Waals surface area (Å²) in [7, 11) is 1.64. The van der Waals surface area contributed by atoms with E-state index in [4.69, 9.17) is 9.26 Å². The van der Waals surface area contributed by atoms with E-state index in [-0.39, 0.29) is 0 Å². The molecule has 0 saturated carbocycles. The van der Waals surface area contributed by atoms with Crippen LogP contribution >= 0.6 is 0 Å². The molecule has 0 fully saturated rings. The molecule has 8 heteroatoms. The van der Waals surface area contributed by atoms with Gasteiger partial charge >= 0.3 is 0 Å². The lowest BCUT2D eigenvalue weighted by Crippen LogP contribution is -2.34. The first-order chi connectivity index (χ1) is 11.7. The van der Waals surface area contributed by atoms with E-state index in [1.807, 2.05) is 31.2 Å². The van der Waals surface area contributed by atoms with Gasteiger partial charge < -0.3 is 13.8 Å². The topological polar surface area (TPSA) is 82.1 Å². The minimum Gasteiger partial charge on any atom is -0.497 e. The van der Waals surface area contributed by atoms with Crippen LogP contribution < -0.4 is 4.74 Å². The van der Waals surface area contributed by atoms with Crippen LogP contribution in [0.4, 0.5) is 0 Å². The third-order valence-electron chi connectivity index (χ3n) is 4.19. The van der Waals surface area contributed by atoms with Crippen LogP contribution in [-0.4, -0.2) is 43.5 Å². The maximum Gasteiger partial charge on any atom is 0.257 e. The molecule has 0 amide bonds. The Kier molecular flexibility index (Phi) is 3.73. The minimum absolute atomic E-state index is 0.517. The van der Waals surface area contributed by atoms with E-state index in [2.05, 4.69) is 29.8 Å². The maximum absolute atomic E-state index is 5.38. The second-order valence-corrected chi connectivity index (χ2v) is 5.77. The van der Waals surface area contributed by atoms with Gasteiger partial charge in [-0.25, -0.2) is 0 Å². The monoisotopic (exact) mass is 326 g/mol. The highest BCUT2D eigenvalue weighted by Gasteiger charge is 2.21. The van der Waals surface area contributed by atoms with Crippen molar-refractivity contribution >= 4 is 0 Å². The lowest BCUT2D eigenvalue weighted by Gasteiger charge is -2.26. The third kappa shape index (κ3) is 2.76. The molecule has 0 radical (unpaired) electrons. The highest BCUT2D eigenvalue weighted by atomic mass is 16.5. The van der Waals surface area contributed by atoms with Crippen LogP contribution in [-0.2, 0) is 19.6 Å². The molecule has 3 aromatic rings. The summed E-state index contributed by atoms with van der Waals surface area (Å²) in [6.07, 6.45) is 0. The molecule has 0 atom stereocenters. The zero-order valence-corrected chi connectivity index (χ0v) is 13.6. The first kappa shape index (κ1) is 14.8. The Balaban J connectivity index is 1.45. The molecular formula is C16H18N6O2. The van der Waals surface area contributed by atoms with Gasteiger partial charge in [0.15, 0.2) is 5.82 Å². The van der Waals surface area contributed by atoms with E-state index in [1.165, 1.54) is 0 Å². The van der Waals surface area contributed by atoms with Gasteiger partial charge in [-0.05, 0) is 31.2 Å². The fourth-order valence-corrected chi connectivity index (χ4v) is 2.86. The zero-order chi connectivity index (χ0) is 16.5. The smallest absolute Gasteiger partial charge is 0.257 e. The summed E-state index contributed by atoms with van der Waals surface area (Å²) in [5.41, 5.74) is 0.878. The second kappa shape index (κ2) is 6.04. The van der Waals surface area contributed by atoms with Crippen molar-refractivity contribution in [2.24, 2.45) is 0 Å². The zero-order valence-electron chi connectivity index (χ0n) is 13.6. The Morgan fingerprint density at radius 2 is 2.00 bits per heavy atom. The molecule has 1 aliphatic heterocycles. The minimum atomic E-state index is 0.517. The van der Waals surface area contributed by atoms with Crippen LogP contribution in [0.15, 0.2) is 28.8 Å². The van der Waals surface area contributed by atoms with Crippen molar-refractivity contribution in [3.63, 3.8) is 0 Å². The van der Waals surface area contributed by atoms with Gasteiger partial charge in [-0.3, -0.25) is 4.90 Å². The van der Waals surface area contributed by atoms with Gasteiger partial charge in [0.1, 0.15) is 17.4 Å². The molecule has 0 saturated heterocycles. The normalized spacial score (nSPS) is 14.6. The number of methoxy groups -OCH3 is 1. The summed E-state index contributed by atoms with van der Waals surface area (Å²) in [4.78, 5) is 6.73. The average molecular weight is 326 g/mol. The van der Waals surface area contributed by atoms with Crippen LogP contribution in [0.3, 0.4) is 0 Å². The number of aromatic nitrogens is 5. The Bertz CT molecular complexity index is 839. The number of hydrogen-bond acceptors (Lipinski definition) is 7. The Morgan fingerprint density at radius 3 is 2.79 bits per heavy atom. The van der Waals surface area contributed by atoms with Gasteiger partial charge in [-0.2, -0.15) is 4.98 Å². The predicted molar refractivity (Wildman–Crippen MR) is 85.2 cm³/mol. The fourth-order valence-electron chi connectivity index (χ4n) is 2.86. The van der Waals surface area contributed by atoms with E-state index in [9.17, 15) is 0 Å². The maximum atomic E-state index is 5.38. The molecule has 1 aliphatic rings. The van der Waals surface area contributed by atoms with Gasteiger partial charge in [0.05, 0.1) is 20.2 Å². The first-order valence-corrected chi connectivity index (χ1v) is 7.81. The lowest BCUT2D eigenvalue weighted by atomic mass is 10.2. The summed E-state index contributed by atoms with van der Waals surface area (Å²) < 4.78 is 12.7. The van der Waals surface area contributed by atoms with E-state index >= 15 is 0 Å². The Hall–Kier alpha value is -2.74. The first-order valence-electron chi connectivity index (χ1n) is 7.81. The Labute approximate surface area is 139 Å². The molecule has 1 aromatic carbocycles. The van der Waals surface area contributed by atoms with Crippen LogP contribution in [0.1, 0.15) is 17.5 Å². The predicted octanol–water partition coefficient (Wildman–Crippen LogP) is 1.66. The molecule has 0 bridgehead atoms. The van der Waals surface area contributed by atoms with Crippen molar-refractivity contribution < 1.29 is 9.26 Å². The molecule has 4 rings (SSSR count). The highest BCUT2D eigenvalue weighted by molar-refractivity contribution is 5.54. The third-order valence-corrected chi connectivity index (χ3v) is 4.19. The van der Waals surface area contributed by atoms with Crippen molar-refractivity contribution in [1.29, 1.82) is 0 Å². The van der Waals surface area contributed by atoms with E-state index in [0.717, 1.165) is 42.6 Å². The summed E-state index contributed by atoms with van der Waals surface area (Å²) in [6.45, 7) is 5.15. The number of hydrogen-bond donors (Lipinski definition) is 0. The van der Waals surface area contributed by atoms with Gasteiger partial charge in [-0.15, -0.1) is 10.2 Å².